The van der Waals surface area contributed by atoms with Crippen molar-refractivity contribution in [2.45, 2.75) is 149 Å². The highest BCUT2D eigenvalue weighted by atomic mass is 16.4. The van der Waals surface area contributed by atoms with Gasteiger partial charge in [-0.05, 0) is 44.4 Å². The minimum Gasteiger partial charge on any atom is -0.481 e. The SMILES string of the molecule is CCCCCCCCC=CCCCCCCC(CCCCCCCC(C)C)C(=O)O. The molecule has 0 radical (unpaired) electrons. The van der Waals surface area contributed by atoms with E-state index in [-0.39, 0.29) is 5.92 Å². The highest BCUT2D eigenvalue weighted by molar-refractivity contribution is 5.69. The molecule has 1 N–H and O–H groups in total. The molecule has 0 fully saturated rings. The van der Waals surface area contributed by atoms with Gasteiger partial charge in [0.1, 0.15) is 0 Å². The van der Waals surface area contributed by atoms with Crippen LogP contribution in [0.4, 0.5) is 0 Å². The van der Waals surface area contributed by atoms with Crippen LogP contribution in [0.1, 0.15) is 149 Å². The summed E-state index contributed by atoms with van der Waals surface area (Å²) < 4.78 is 0. The second kappa shape index (κ2) is 22.9. The molecule has 1 unspecified atom stereocenters. The van der Waals surface area contributed by atoms with Crippen LogP contribution in [0.3, 0.4) is 0 Å². The van der Waals surface area contributed by atoms with Gasteiger partial charge in [-0.25, -0.2) is 0 Å². The molecule has 0 aromatic heterocycles. The standard InChI is InChI=1S/C28H54O2/c1-4-5-6-7-8-9-10-11-12-13-14-15-18-21-24-27(28(29)30)25-22-19-16-17-20-23-26(2)3/h11-12,26-27H,4-10,13-25H2,1-3H3,(H,29,30). The molecule has 2 nitrogen and oxygen atoms in total. The number of aliphatic carboxylic acids is 1. The summed E-state index contributed by atoms with van der Waals surface area (Å²) in [6.07, 6.45) is 29.4. The Morgan fingerprint density at radius 1 is 0.633 bits per heavy atom. The number of carboxylic acid groups (broad SMARTS) is 1. The molecule has 0 aliphatic carbocycles. The molecule has 2 heteroatoms. The van der Waals surface area contributed by atoms with Crippen molar-refractivity contribution in [2.24, 2.45) is 11.8 Å². The van der Waals surface area contributed by atoms with Gasteiger partial charge in [-0.15, -0.1) is 0 Å². The van der Waals surface area contributed by atoms with Crippen molar-refractivity contribution in [3.8, 4) is 0 Å². The Hall–Kier alpha value is -0.790. The predicted molar refractivity (Wildman–Crippen MR) is 133 cm³/mol. The van der Waals surface area contributed by atoms with Crippen LogP contribution in [0, 0.1) is 11.8 Å². The summed E-state index contributed by atoms with van der Waals surface area (Å²) >= 11 is 0. The lowest BCUT2D eigenvalue weighted by molar-refractivity contribution is -0.142. The van der Waals surface area contributed by atoms with Gasteiger partial charge in [-0.1, -0.05) is 123 Å². The van der Waals surface area contributed by atoms with Crippen LogP contribution in [0.25, 0.3) is 0 Å². The fourth-order valence-corrected chi connectivity index (χ4v) is 4.15. The topological polar surface area (TPSA) is 37.3 Å². The minimum atomic E-state index is -0.576. The number of hydrogen-bond donors (Lipinski definition) is 1. The van der Waals surface area contributed by atoms with E-state index >= 15 is 0 Å². The van der Waals surface area contributed by atoms with E-state index in [2.05, 4.69) is 32.9 Å². The summed E-state index contributed by atoms with van der Waals surface area (Å²) in [6.45, 7) is 6.83. The quantitative estimate of drug-likeness (QED) is 0.131. The van der Waals surface area contributed by atoms with E-state index in [9.17, 15) is 9.90 Å². The molecule has 0 bridgehead atoms. The normalized spacial score (nSPS) is 12.8. The monoisotopic (exact) mass is 422 g/mol. The zero-order valence-corrected chi connectivity index (χ0v) is 20.8. The number of hydrogen-bond acceptors (Lipinski definition) is 1. The highest BCUT2D eigenvalue weighted by Gasteiger charge is 2.16. The lowest BCUT2D eigenvalue weighted by Crippen LogP contribution is -2.13. The number of rotatable bonds is 23. The van der Waals surface area contributed by atoms with E-state index in [0.717, 1.165) is 31.6 Å². The molecule has 0 spiro atoms. The van der Waals surface area contributed by atoms with Crippen LogP contribution in [-0.4, -0.2) is 11.1 Å². The maximum absolute atomic E-state index is 11.5. The van der Waals surface area contributed by atoms with Crippen LogP contribution in [0.15, 0.2) is 12.2 Å². The van der Waals surface area contributed by atoms with Gasteiger partial charge in [-0.2, -0.15) is 0 Å². The van der Waals surface area contributed by atoms with E-state index in [1.807, 2.05) is 0 Å². The molecule has 30 heavy (non-hydrogen) atoms. The van der Waals surface area contributed by atoms with Crippen LogP contribution in [0.5, 0.6) is 0 Å². The van der Waals surface area contributed by atoms with Gasteiger partial charge in [0.2, 0.25) is 0 Å². The first-order valence-electron chi connectivity index (χ1n) is 13.5. The molecule has 0 aliphatic heterocycles. The highest BCUT2D eigenvalue weighted by Crippen LogP contribution is 2.20. The Morgan fingerprint density at radius 3 is 1.47 bits per heavy atom. The third-order valence-corrected chi connectivity index (χ3v) is 6.25. The summed E-state index contributed by atoms with van der Waals surface area (Å²) in [4.78, 5) is 11.5. The Labute approximate surface area is 189 Å². The van der Waals surface area contributed by atoms with E-state index in [1.165, 1.54) is 103 Å². The molecule has 0 aromatic carbocycles. The number of carbonyl (C=O) groups is 1. The van der Waals surface area contributed by atoms with Crippen molar-refractivity contribution in [1.82, 2.24) is 0 Å². The molecule has 0 saturated heterocycles. The van der Waals surface area contributed by atoms with Crippen molar-refractivity contribution in [3.05, 3.63) is 12.2 Å². The first-order chi connectivity index (χ1) is 14.6. The fourth-order valence-electron chi connectivity index (χ4n) is 4.15. The second-order valence-corrected chi connectivity index (χ2v) is 9.79. The van der Waals surface area contributed by atoms with Crippen LogP contribution in [0.2, 0.25) is 0 Å². The van der Waals surface area contributed by atoms with Crippen molar-refractivity contribution < 1.29 is 9.90 Å². The molecule has 178 valence electrons. The molecule has 1 atom stereocenters. The molecular weight excluding hydrogens is 368 g/mol. The van der Waals surface area contributed by atoms with Gasteiger partial charge in [0, 0.05) is 0 Å². The Kier molecular flexibility index (Phi) is 22.3. The van der Waals surface area contributed by atoms with Crippen molar-refractivity contribution in [2.75, 3.05) is 0 Å². The average molecular weight is 423 g/mol. The van der Waals surface area contributed by atoms with Gasteiger partial charge in [0.15, 0.2) is 0 Å². The van der Waals surface area contributed by atoms with Gasteiger partial charge < -0.3 is 5.11 Å². The van der Waals surface area contributed by atoms with Gasteiger partial charge in [0.05, 0.1) is 5.92 Å². The molecule has 0 amide bonds. The van der Waals surface area contributed by atoms with Gasteiger partial charge in [0.25, 0.3) is 0 Å². The molecule has 0 heterocycles. The number of allylic oxidation sites excluding steroid dienone is 2. The lowest BCUT2D eigenvalue weighted by atomic mass is 9.94. The largest absolute Gasteiger partial charge is 0.481 e. The third-order valence-electron chi connectivity index (χ3n) is 6.25. The minimum absolute atomic E-state index is 0.113. The Morgan fingerprint density at radius 2 is 1.03 bits per heavy atom. The molecule has 0 rings (SSSR count). The zero-order chi connectivity index (χ0) is 22.3. The van der Waals surface area contributed by atoms with Crippen LogP contribution >= 0.6 is 0 Å². The summed E-state index contributed by atoms with van der Waals surface area (Å²) in [5.74, 6) is 0.118. The van der Waals surface area contributed by atoms with E-state index in [1.54, 1.807) is 0 Å². The van der Waals surface area contributed by atoms with E-state index in [4.69, 9.17) is 0 Å². The molecular formula is C28H54O2. The van der Waals surface area contributed by atoms with Crippen molar-refractivity contribution in [3.63, 3.8) is 0 Å². The molecule has 0 aliphatic rings. The second-order valence-electron chi connectivity index (χ2n) is 9.79. The van der Waals surface area contributed by atoms with Crippen molar-refractivity contribution in [1.29, 1.82) is 0 Å². The lowest BCUT2D eigenvalue weighted by Gasteiger charge is -2.12. The van der Waals surface area contributed by atoms with Gasteiger partial charge in [-0.3, -0.25) is 4.79 Å². The number of unbranched alkanes of at least 4 members (excludes halogenated alkanes) is 14. The summed E-state index contributed by atoms with van der Waals surface area (Å²) in [6, 6.07) is 0. The first kappa shape index (κ1) is 29.2. The maximum Gasteiger partial charge on any atom is 0.306 e. The summed E-state index contributed by atoms with van der Waals surface area (Å²) in [5.41, 5.74) is 0. The Bertz CT molecular complexity index is 386. The van der Waals surface area contributed by atoms with E-state index < -0.39 is 5.97 Å². The fraction of sp³-hybridized carbons (Fsp3) is 0.893. The number of carboxylic acids is 1. The van der Waals surface area contributed by atoms with Crippen LogP contribution in [-0.2, 0) is 4.79 Å². The molecule has 0 saturated carbocycles. The third kappa shape index (κ3) is 21.9. The Balaban J connectivity index is 3.50. The van der Waals surface area contributed by atoms with Crippen molar-refractivity contribution >= 4 is 5.97 Å². The smallest absolute Gasteiger partial charge is 0.306 e. The molecule has 0 aromatic rings. The summed E-state index contributed by atoms with van der Waals surface area (Å²) in [5, 5.41) is 9.47. The van der Waals surface area contributed by atoms with E-state index in [0.29, 0.717) is 0 Å². The van der Waals surface area contributed by atoms with Crippen LogP contribution < -0.4 is 0 Å². The maximum atomic E-state index is 11.5. The average Bonchev–Trinajstić information content (AvgIpc) is 2.71. The predicted octanol–water partition coefficient (Wildman–Crippen LogP) is 9.72. The first-order valence-corrected chi connectivity index (χ1v) is 13.5. The summed E-state index contributed by atoms with van der Waals surface area (Å²) in [7, 11) is 0. The van der Waals surface area contributed by atoms with Gasteiger partial charge >= 0.3 is 5.97 Å². The zero-order valence-electron chi connectivity index (χ0n) is 20.8.